The molecule has 1 aromatic carbocycles. The molecule has 2 rings (SSSR count). The highest BCUT2D eigenvalue weighted by Gasteiger charge is 2.15. The van der Waals surface area contributed by atoms with E-state index in [1.54, 1.807) is 13.2 Å². The van der Waals surface area contributed by atoms with Crippen molar-refractivity contribution in [1.29, 1.82) is 0 Å². The second-order valence-corrected chi connectivity index (χ2v) is 3.96. The molecule has 0 amide bonds. The molecule has 2 aromatic rings. The van der Waals surface area contributed by atoms with Crippen LogP contribution in [0.25, 0.3) is 0 Å². The molecule has 1 heterocycles. The Hall–Kier alpha value is -2.54. The maximum absolute atomic E-state index is 5.72. The molecule has 1 aromatic heterocycles. The maximum Gasteiger partial charge on any atom is 0.268 e. The topological polar surface area (TPSA) is 91.5 Å². The van der Waals surface area contributed by atoms with Crippen LogP contribution >= 0.6 is 0 Å². The van der Waals surface area contributed by atoms with Crippen molar-refractivity contribution in [3.8, 4) is 23.1 Å². The van der Waals surface area contributed by atoms with Gasteiger partial charge in [-0.1, -0.05) is 6.07 Å². The number of aryl methyl sites for hydroxylation is 1. The number of aromatic nitrogens is 2. The molecule has 7 nitrogen and oxygen atoms in total. The summed E-state index contributed by atoms with van der Waals surface area (Å²) in [7, 11) is 3.06. The first-order valence-corrected chi connectivity index (χ1v) is 5.87. The van der Waals surface area contributed by atoms with E-state index in [-0.39, 0.29) is 5.88 Å². The molecule has 0 unspecified atom stereocenters. The largest absolute Gasteiger partial charge is 0.493 e. The van der Waals surface area contributed by atoms with Crippen LogP contribution in [-0.2, 0) is 0 Å². The molecular formula is C13H16N4O3. The van der Waals surface area contributed by atoms with E-state index >= 15 is 0 Å². The molecule has 0 radical (unpaired) electrons. The van der Waals surface area contributed by atoms with Crippen LogP contribution in [0.2, 0.25) is 0 Å². The number of rotatable bonds is 5. The van der Waals surface area contributed by atoms with Crippen LogP contribution < -0.4 is 25.5 Å². The number of hydrogen-bond acceptors (Lipinski definition) is 7. The quantitative estimate of drug-likeness (QED) is 0.636. The van der Waals surface area contributed by atoms with Gasteiger partial charge in [-0.2, -0.15) is 4.98 Å². The number of nitrogens with one attached hydrogen (secondary N) is 1. The summed E-state index contributed by atoms with van der Waals surface area (Å²) in [6, 6.07) is 5.57. The highest BCUT2D eigenvalue weighted by atomic mass is 16.5. The smallest absolute Gasteiger partial charge is 0.268 e. The fraction of sp³-hybridized carbons (Fsp3) is 0.231. The Balaban J connectivity index is 2.39. The zero-order valence-electron chi connectivity index (χ0n) is 11.5. The van der Waals surface area contributed by atoms with E-state index in [4.69, 9.17) is 20.1 Å². The van der Waals surface area contributed by atoms with Gasteiger partial charge in [0.05, 0.1) is 14.2 Å². The number of nitrogens with two attached hydrogens (primary N) is 1. The van der Waals surface area contributed by atoms with Crippen molar-refractivity contribution < 1.29 is 14.2 Å². The number of methoxy groups -OCH3 is 2. The first-order valence-electron chi connectivity index (χ1n) is 5.87. The second-order valence-electron chi connectivity index (χ2n) is 3.96. The minimum Gasteiger partial charge on any atom is -0.493 e. The molecule has 7 heteroatoms. The Morgan fingerprint density at radius 1 is 1.10 bits per heavy atom. The van der Waals surface area contributed by atoms with Gasteiger partial charge in [0.2, 0.25) is 5.75 Å². The summed E-state index contributed by atoms with van der Waals surface area (Å²) in [6.07, 6.45) is 1.33. The van der Waals surface area contributed by atoms with E-state index in [1.165, 1.54) is 13.4 Å². The Labute approximate surface area is 116 Å². The molecule has 0 bridgehead atoms. The lowest BCUT2D eigenvalue weighted by molar-refractivity contribution is 0.348. The molecule has 0 saturated carbocycles. The average molecular weight is 276 g/mol. The number of anilines is 1. The van der Waals surface area contributed by atoms with Crippen LogP contribution in [0.3, 0.4) is 0 Å². The summed E-state index contributed by atoms with van der Waals surface area (Å²) >= 11 is 0. The standard InChI is InChI=1S/C13H16N4O3/c1-8-4-5-9(10(6-8)18-2)20-13-11(19-3)12(17-14)15-7-16-13/h4-7H,14H2,1-3H3,(H,15,16,17). The van der Waals surface area contributed by atoms with E-state index in [9.17, 15) is 0 Å². The van der Waals surface area contributed by atoms with Crippen molar-refractivity contribution in [3.63, 3.8) is 0 Å². The van der Waals surface area contributed by atoms with Crippen LogP contribution in [0.5, 0.6) is 23.1 Å². The van der Waals surface area contributed by atoms with Crippen LogP contribution in [0.15, 0.2) is 24.5 Å². The van der Waals surface area contributed by atoms with Crippen molar-refractivity contribution in [1.82, 2.24) is 9.97 Å². The van der Waals surface area contributed by atoms with Gasteiger partial charge in [-0.3, -0.25) is 0 Å². The monoisotopic (exact) mass is 276 g/mol. The van der Waals surface area contributed by atoms with Gasteiger partial charge in [0.15, 0.2) is 17.3 Å². The van der Waals surface area contributed by atoms with E-state index < -0.39 is 0 Å². The molecule has 0 aliphatic heterocycles. The zero-order valence-corrected chi connectivity index (χ0v) is 11.5. The van der Waals surface area contributed by atoms with Gasteiger partial charge in [0.25, 0.3) is 5.88 Å². The Morgan fingerprint density at radius 3 is 2.55 bits per heavy atom. The highest BCUT2D eigenvalue weighted by molar-refractivity contribution is 5.56. The van der Waals surface area contributed by atoms with Crippen LogP contribution in [0.1, 0.15) is 5.56 Å². The minimum atomic E-state index is 0.248. The molecule has 0 atom stereocenters. The number of nitrogen functional groups attached to an aromatic ring is 1. The van der Waals surface area contributed by atoms with Gasteiger partial charge < -0.3 is 19.6 Å². The molecule has 0 aliphatic carbocycles. The number of hydrazine groups is 1. The van der Waals surface area contributed by atoms with E-state index in [2.05, 4.69) is 15.4 Å². The van der Waals surface area contributed by atoms with Gasteiger partial charge >= 0.3 is 0 Å². The van der Waals surface area contributed by atoms with Crippen LogP contribution in [0, 0.1) is 6.92 Å². The SMILES string of the molecule is COc1cc(C)ccc1Oc1ncnc(NN)c1OC. The maximum atomic E-state index is 5.72. The Bertz CT molecular complexity index is 604. The first-order chi connectivity index (χ1) is 9.69. The van der Waals surface area contributed by atoms with Crippen molar-refractivity contribution in [3.05, 3.63) is 30.1 Å². The van der Waals surface area contributed by atoms with Crippen LogP contribution in [-0.4, -0.2) is 24.2 Å². The first kappa shape index (κ1) is 13.9. The fourth-order valence-electron chi connectivity index (χ4n) is 1.68. The Kier molecular flexibility index (Phi) is 4.21. The summed E-state index contributed by atoms with van der Waals surface area (Å²) in [5.74, 6) is 7.40. The molecule has 106 valence electrons. The van der Waals surface area contributed by atoms with Crippen molar-refractivity contribution in [2.75, 3.05) is 19.6 Å². The summed E-state index contributed by atoms with van der Waals surface area (Å²) in [4.78, 5) is 7.99. The molecular weight excluding hydrogens is 260 g/mol. The number of hydrogen-bond donors (Lipinski definition) is 2. The van der Waals surface area contributed by atoms with Gasteiger partial charge in [0, 0.05) is 0 Å². The normalized spacial score (nSPS) is 10.0. The predicted octanol–water partition coefficient (Wildman–Crippen LogP) is 1.88. The van der Waals surface area contributed by atoms with E-state index in [0.717, 1.165) is 5.56 Å². The summed E-state index contributed by atoms with van der Waals surface area (Å²) in [6.45, 7) is 1.97. The Morgan fingerprint density at radius 2 is 1.90 bits per heavy atom. The van der Waals surface area contributed by atoms with Gasteiger partial charge in [-0.25, -0.2) is 10.8 Å². The van der Waals surface area contributed by atoms with Crippen LogP contribution in [0.4, 0.5) is 5.82 Å². The van der Waals surface area contributed by atoms with Gasteiger partial charge in [-0.05, 0) is 24.6 Å². The third-order valence-electron chi connectivity index (χ3n) is 2.64. The highest BCUT2D eigenvalue weighted by Crippen LogP contribution is 2.37. The zero-order chi connectivity index (χ0) is 14.5. The van der Waals surface area contributed by atoms with Crippen molar-refractivity contribution in [2.45, 2.75) is 6.92 Å². The summed E-state index contributed by atoms with van der Waals surface area (Å²) < 4.78 is 16.2. The molecule has 0 saturated heterocycles. The summed E-state index contributed by atoms with van der Waals surface area (Å²) in [5, 5.41) is 0. The lowest BCUT2D eigenvalue weighted by Gasteiger charge is -2.13. The lowest BCUT2D eigenvalue weighted by atomic mass is 10.2. The number of ether oxygens (including phenoxy) is 3. The predicted molar refractivity (Wildman–Crippen MR) is 74.2 cm³/mol. The molecule has 3 N–H and O–H groups in total. The van der Waals surface area contributed by atoms with Crippen molar-refractivity contribution in [2.24, 2.45) is 5.84 Å². The number of nitrogens with zero attached hydrogens (tertiary/aromatic N) is 2. The molecule has 0 spiro atoms. The molecule has 20 heavy (non-hydrogen) atoms. The minimum absolute atomic E-state index is 0.248. The second kappa shape index (κ2) is 6.07. The van der Waals surface area contributed by atoms with Gasteiger partial charge in [0.1, 0.15) is 6.33 Å². The molecule has 0 fully saturated rings. The average Bonchev–Trinajstić information content (AvgIpc) is 2.48. The van der Waals surface area contributed by atoms with Crippen molar-refractivity contribution >= 4 is 5.82 Å². The van der Waals surface area contributed by atoms with Gasteiger partial charge in [-0.15, -0.1) is 0 Å². The lowest BCUT2D eigenvalue weighted by Crippen LogP contribution is -2.11. The third kappa shape index (κ3) is 2.72. The molecule has 0 aliphatic rings. The summed E-state index contributed by atoms with van der Waals surface area (Å²) in [5.41, 5.74) is 3.49. The fourth-order valence-corrected chi connectivity index (χ4v) is 1.68. The van der Waals surface area contributed by atoms with E-state index in [1.807, 2.05) is 19.1 Å². The van der Waals surface area contributed by atoms with E-state index in [0.29, 0.717) is 23.1 Å². The number of benzene rings is 1. The third-order valence-corrected chi connectivity index (χ3v) is 2.64.